The Kier molecular flexibility index (Phi) is 7.48. The van der Waals surface area contributed by atoms with Crippen molar-refractivity contribution in [3.05, 3.63) is 59.2 Å². The average molecular weight is 477 g/mol. The molecule has 2 amide bonds. The second-order valence-corrected chi connectivity index (χ2v) is 10.5. The van der Waals surface area contributed by atoms with Gasteiger partial charge in [-0.1, -0.05) is 35.9 Å². The average Bonchev–Trinajstić information content (AvgIpc) is 3.04. The third-order valence-corrected chi connectivity index (χ3v) is 6.46. The third-order valence-electron chi connectivity index (χ3n) is 6.46. The summed E-state index contributed by atoms with van der Waals surface area (Å²) in [6.07, 6.45) is 3.97. The third kappa shape index (κ3) is 6.65. The molecular weight excluding hydrogens is 440 g/mol. The van der Waals surface area contributed by atoms with Crippen molar-refractivity contribution in [2.75, 3.05) is 26.2 Å². The summed E-state index contributed by atoms with van der Waals surface area (Å²) in [5.41, 5.74) is 4.63. The van der Waals surface area contributed by atoms with E-state index >= 15 is 0 Å². The van der Waals surface area contributed by atoms with E-state index in [2.05, 4.69) is 48.6 Å². The molecule has 0 saturated carbocycles. The molecule has 0 unspecified atom stereocenters. The minimum absolute atomic E-state index is 0.0447. The quantitative estimate of drug-likeness (QED) is 0.625. The largest absolute Gasteiger partial charge is 0.493 e. The number of piperidine rings is 1. The summed E-state index contributed by atoms with van der Waals surface area (Å²) in [7, 11) is 0. The number of ether oxygens (including phenoxy) is 2. The number of benzene rings is 2. The molecule has 6 nitrogen and oxygen atoms in total. The molecule has 0 aromatic heterocycles. The Balaban J connectivity index is 1.35. The molecule has 2 aromatic carbocycles. The van der Waals surface area contributed by atoms with Crippen LogP contribution >= 0.6 is 0 Å². The molecule has 1 saturated heterocycles. The van der Waals surface area contributed by atoms with Gasteiger partial charge >= 0.3 is 6.09 Å². The Morgan fingerprint density at radius 1 is 1.06 bits per heavy atom. The van der Waals surface area contributed by atoms with E-state index in [0.29, 0.717) is 38.6 Å². The van der Waals surface area contributed by atoms with Crippen molar-refractivity contribution in [3.8, 4) is 16.9 Å². The molecule has 2 aliphatic heterocycles. The van der Waals surface area contributed by atoms with Crippen LogP contribution in [0.5, 0.6) is 5.75 Å². The Labute approximate surface area is 208 Å². The normalized spacial score (nSPS) is 16.5. The van der Waals surface area contributed by atoms with E-state index in [4.69, 9.17) is 9.47 Å². The number of carbonyl (C=O) groups is 2. The van der Waals surface area contributed by atoms with Gasteiger partial charge in [-0.15, -0.1) is 0 Å². The zero-order valence-corrected chi connectivity index (χ0v) is 21.2. The number of carbonyl (C=O) groups excluding carboxylic acids is 2. The van der Waals surface area contributed by atoms with E-state index < -0.39 is 5.60 Å². The summed E-state index contributed by atoms with van der Waals surface area (Å²) in [6.45, 7) is 10.1. The molecule has 4 rings (SSSR count). The van der Waals surface area contributed by atoms with Crippen LogP contribution in [0.3, 0.4) is 0 Å². The molecule has 1 N–H and O–H groups in total. The molecule has 2 aromatic rings. The van der Waals surface area contributed by atoms with Crippen molar-refractivity contribution in [1.82, 2.24) is 10.2 Å². The smallest absolute Gasteiger partial charge is 0.410 e. The van der Waals surface area contributed by atoms with Gasteiger partial charge in [0.25, 0.3) is 0 Å². The van der Waals surface area contributed by atoms with Gasteiger partial charge in [0, 0.05) is 37.2 Å². The maximum absolute atomic E-state index is 13.0. The molecule has 0 bridgehead atoms. The number of aryl methyl sites for hydroxylation is 1. The fraction of sp³-hybridized carbons (Fsp3) is 0.448. The first-order chi connectivity index (χ1) is 16.7. The summed E-state index contributed by atoms with van der Waals surface area (Å²) in [5, 5.41) is 3.12. The first kappa shape index (κ1) is 24.8. The lowest BCUT2D eigenvalue weighted by molar-refractivity contribution is -0.117. The van der Waals surface area contributed by atoms with Crippen molar-refractivity contribution in [2.45, 2.75) is 52.6 Å². The number of likely N-dealkylation sites (tertiary alicyclic amines) is 1. The second kappa shape index (κ2) is 10.5. The van der Waals surface area contributed by atoms with Crippen molar-refractivity contribution in [3.63, 3.8) is 0 Å². The van der Waals surface area contributed by atoms with Crippen LogP contribution < -0.4 is 10.1 Å². The summed E-state index contributed by atoms with van der Waals surface area (Å²) in [6, 6.07) is 14.6. The van der Waals surface area contributed by atoms with Gasteiger partial charge in [-0.3, -0.25) is 4.79 Å². The minimum Gasteiger partial charge on any atom is -0.493 e. The second-order valence-electron chi connectivity index (χ2n) is 10.5. The molecule has 0 spiro atoms. The summed E-state index contributed by atoms with van der Waals surface area (Å²) < 4.78 is 11.4. The first-order valence-electron chi connectivity index (χ1n) is 12.5. The van der Waals surface area contributed by atoms with Gasteiger partial charge in [0.1, 0.15) is 11.4 Å². The fourth-order valence-electron chi connectivity index (χ4n) is 4.42. The van der Waals surface area contributed by atoms with Crippen LogP contribution in [0, 0.1) is 12.8 Å². The fourth-order valence-corrected chi connectivity index (χ4v) is 4.42. The van der Waals surface area contributed by atoms with Crippen molar-refractivity contribution in [1.29, 1.82) is 0 Å². The van der Waals surface area contributed by atoms with Crippen LogP contribution in [-0.4, -0.2) is 48.7 Å². The summed E-state index contributed by atoms with van der Waals surface area (Å²) in [4.78, 5) is 27.0. The highest BCUT2D eigenvalue weighted by molar-refractivity contribution is 5.98. The van der Waals surface area contributed by atoms with Gasteiger partial charge in [-0.25, -0.2) is 4.79 Å². The molecule has 35 heavy (non-hydrogen) atoms. The predicted octanol–water partition coefficient (Wildman–Crippen LogP) is 5.59. The molecule has 0 aliphatic carbocycles. The maximum atomic E-state index is 13.0. The summed E-state index contributed by atoms with van der Waals surface area (Å²) >= 11 is 0. The van der Waals surface area contributed by atoms with Gasteiger partial charge in [0.15, 0.2) is 0 Å². The van der Waals surface area contributed by atoms with Gasteiger partial charge in [-0.2, -0.15) is 0 Å². The zero-order valence-electron chi connectivity index (χ0n) is 21.2. The monoisotopic (exact) mass is 476 g/mol. The lowest BCUT2D eigenvalue weighted by Gasteiger charge is -2.33. The lowest BCUT2D eigenvalue weighted by atomic mass is 9.96. The van der Waals surface area contributed by atoms with Gasteiger partial charge in [-0.05, 0) is 75.8 Å². The van der Waals surface area contributed by atoms with E-state index in [9.17, 15) is 9.59 Å². The van der Waals surface area contributed by atoms with E-state index in [1.165, 1.54) is 5.56 Å². The molecule has 2 aliphatic rings. The number of amides is 2. The number of nitrogens with zero attached hydrogens (tertiary/aromatic N) is 1. The molecule has 0 atom stereocenters. The molecular formula is C29H36N2O4. The van der Waals surface area contributed by atoms with Crippen LogP contribution in [0.15, 0.2) is 48.0 Å². The van der Waals surface area contributed by atoms with Crippen molar-refractivity contribution < 1.29 is 19.1 Å². The zero-order chi connectivity index (χ0) is 25.0. The van der Waals surface area contributed by atoms with Gasteiger partial charge < -0.3 is 19.7 Å². The Morgan fingerprint density at radius 2 is 1.74 bits per heavy atom. The minimum atomic E-state index is -0.489. The van der Waals surface area contributed by atoms with E-state index in [-0.39, 0.29) is 12.0 Å². The number of hydrogen-bond donors (Lipinski definition) is 1. The topological polar surface area (TPSA) is 67.9 Å². The highest BCUT2D eigenvalue weighted by Crippen LogP contribution is 2.31. The number of rotatable bonds is 4. The van der Waals surface area contributed by atoms with E-state index in [1.54, 1.807) is 4.90 Å². The van der Waals surface area contributed by atoms with Crippen LogP contribution in [0.4, 0.5) is 4.79 Å². The van der Waals surface area contributed by atoms with E-state index in [0.717, 1.165) is 40.9 Å². The molecule has 1 fully saturated rings. The molecule has 2 heterocycles. The SMILES string of the molecule is Cc1ccc(-c2ccc3c(c2)C=C(C(=O)NCC2CCN(C(=O)OC(C)(C)C)CC2)CCO3)cc1. The number of nitrogens with one attached hydrogen (secondary N) is 1. The van der Waals surface area contributed by atoms with Crippen molar-refractivity contribution >= 4 is 18.1 Å². The van der Waals surface area contributed by atoms with Crippen LogP contribution in [0.1, 0.15) is 51.2 Å². The Morgan fingerprint density at radius 3 is 2.43 bits per heavy atom. The number of hydrogen-bond acceptors (Lipinski definition) is 4. The van der Waals surface area contributed by atoms with Crippen LogP contribution in [0.25, 0.3) is 17.2 Å². The number of fused-ring (bicyclic) bond motifs is 1. The predicted molar refractivity (Wildman–Crippen MR) is 138 cm³/mol. The molecule has 186 valence electrons. The Bertz CT molecular complexity index is 1090. The highest BCUT2D eigenvalue weighted by Gasteiger charge is 2.27. The molecule has 6 heteroatoms. The Hall–Kier alpha value is -3.28. The first-order valence-corrected chi connectivity index (χ1v) is 12.5. The van der Waals surface area contributed by atoms with Gasteiger partial charge in [0.05, 0.1) is 6.61 Å². The van der Waals surface area contributed by atoms with Gasteiger partial charge in [0.2, 0.25) is 5.91 Å². The maximum Gasteiger partial charge on any atom is 0.410 e. The summed E-state index contributed by atoms with van der Waals surface area (Å²) in [5.74, 6) is 1.11. The van der Waals surface area contributed by atoms with E-state index in [1.807, 2.05) is 32.9 Å². The van der Waals surface area contributed by atoms with Crippen LogP contribution in [-0.2, 0) is 9.53 Å². The van der Waals surface area contributed by atoms with Crippen molar-refractivity contribution in [2.24, 2.45) is 5.92 Å². The molecule has 0 radical (unpaired) electrons. The lowest BCUT2D eigenvalue weighted by Crippen LogP contribution is -2.43. The van der Waals surface area contributed by atoms with Crippen LogP contribution in [0.2, 0.25) is 0 Å². The highest BCUT2D eigenvalue weighted by atomic mass is 16.6. The standard InChI is InChI=1S/C29H36N2O4/c1-20-5-7-22(8-6-20)23-9-10-26-25(17-23)18-24(13-16-34-26)27(32)30-19-21-11-14-31(15-12-21)28(33)35-29(2,3)4/h5-10,17-18,21H,11-16,19H2,1-4H3,(H,30,32).